The van der Waals surface area contributed by atoms with E-state index in [1.807, 2.05) is 0 Å². The summed E-state index contributed by atoms with van der Waals surface area (Å²) >= 11 is 0. The number of amides is 1. The molecule has 0 saturated heterocycles. The molecule has 1 saturated carbocycles. The molecule has 0 bridgehead atoms. The number of nitrogens with one attached hydrogen (secondary N) is 1. The van der Waals surface area contributed by atoms with Gasteiger partial charge in [0.15, 0.2) is 0 Å². The van der Waals surface area contributed by atoms with Crippen LogP contribution < -0.4 is 5.32 Å². The van der Waals surface area contributed by atoms with Crippen LogP contribution >= 0.6 is 0 Å². The van der Waals surface area contributed by atoms with Crippen LogP contribution in [-0.4, -0.2) is 28.1 Å². The second kappa shape index (κ2) is 5.07. The van der Waals surface area contributed by atoms with E-state index in [0.29, 0.717) is 6.42 Å². The lowest BCUT2D eigenvalue weighted by atomic mass is 9.64. The van der Waals surface area contributed by atoms with Gasteiger partial charge in [-0.3, -0.25) is 14.9 Å². The summed E-state index contributed by atoms with van der Waals surface area (Å²) < 4.78 is 14.0. The molecule has 2 atom stereocenters. The number of benzene rings is 1. The molecule has 0 aromatic heterocycles. The summed E-state index contributed by atoms with van der Waals surface area (Å²) in [6.45, 7) is 4.96. The molecule has 0 aliphatic heterocycles. The molecule has 21 heavy (non-hydrogen) atoms. The van der Waals surface area contributed by atoms with Crippen LogP contribution in [0.3, 0.4) is 0 Å². The lowest BCUT2D eigenvalue weighted by Gasteiger charge is -2.49. The van der Waals surface area contributed by atoms with Crippen molar-refractivity contribution in [2.45, 2.75) is 39.3 Å². The van der Waals surface area contributed by atoms with E-state index in [-0.39, 0.29) is 22.9 Å². The maximum atomic E-state index is 14.0. The monoisotopic (exact) mass is 296 g/mol. The third kappa shape index (κ3) is 2.61. The zero-order chi connectivity index (χ0) is 15.9. The van der Waals surface area contributed by atoms with Crippen LogP contribution in [0.5, 0.6) is 0 Å². The fourth-order valence-corrected chi connectivity index (χ4v) is 2.40. The van der Waals surface area contributed by atoms with Crippen LogP contribution in [0.2, 0.25) is 0 Å². The van der Waals surface area contributed by atoms with Crippen LogP contribution in [0.1, 0.15) is 36.2 Å². The number of nitro benzene ring substituents is 1. The number of carbonyl (C=O) groups is 1. The molecule has 2 unspecified atom stereocenters. The van der Waals surface area contributed by atoms with Gasteiger partial charge in [0, 0.05) is 23.6 Å². The standard InChI is InChI=1S/C14H17FN2O4/c1-7-4-8(17(20)21)5-9(12(7)15)13(19)16-10-6-11(18)14(10,2)3/h4-5,10-11,18H,6H2,1-3H3,(H,16,19). The van der Waals surface area contributed by atoms with Crippen molar-refractivity contribution in [2.24, 2.45) is 5.41 Å². The Labute approximate surface area is 121 Å². The summed E-state index contributed by atoms with van der Waals surface area (Å²) in [5, 5.41) is 23.0. The Hall–Kier alpha value is -2.02. The Kier molecular flexibility index (Phi) is 3.71. The van der Waals surface area contributed by atoms with Crippen molar-refractivity contribution >= 4 is 11.6 Å². The summed E-state index contributed by atoms with van der Waals surface area (Å²) in [6, 6.07) is 1.72. The van der Waals surface area contributed by atoms with Crippen molar-refractivity contribution in [1.29, 1.82) is 0 Å². The summed E-state index contributed by atoms with van der Waals surface area (Å²) in [5.74, 6) is -1.47. The maximum absolute atomic E-state index is 14.0. The quantitative estimate of drug-likeness (QED) is 0.658. The van der Waals surface area contributed by atoms with Crippen LogP contribution in [0, 0.1) is 28.3 Å². The van der Waals surface area contributed by atoms with E-state index in [2.05, 4.69) is 5.32 Å². The molecule has 7 heteroatoms. The Morgan fingerprint density at radius 2 is 2.14 bits per heavy atom. The predicted octanol–water partition coefficient (Wildman–Crippen LogP) is 1.93. The van der Waals surface area contributed by atoms with Crippen molar-refractivity contribution in [3.8, 4) is 0 Å². The van der Waals surface area contributed by atoms with Gasteiger partial charge in [-0.05, 0) is 18.9 Å². The number of hydrogen-bond donors (Lipinski definition) is 2. The maximum Gasteiger partial charge on any atom is 0.270 e. The van der Waals surface area contributed by atoms with E-state index >= 15 is 0 Å². The average Bonchev–Trinajstić information content (AvgIpc) is 2.40. The van der Waals surface area contributed by atoms with E-state index in [1.165, 1.54) is 6.92 Å². The highest BCUT2D eigenvalue weighted by Crippen LogP contribution is 2.40. The SMILES string of the molecule is Cc1cc([N+](=O)[O-])cc(C(=O)NC2CC(O)C2(C)C)c1F. The minimum atomic E-state index is -0.768. The van der Waals surface area contributed by atoms with Gasteiger partial charge in [0.2, 0.25) is 0 Å². The molecular formula is C14H17FN2O4. The third-order valence-electron chi connectivity index (χ3n) is 4.22. The molecule has 1 amide bonds. The molecular weight excluding hydrogens is 279 g/mol. The Balaban J connectivity index is 2.26. The number of nitrogens with zero attached hydrogens (tertiary/aromatic N) is 1. The molecule has 1 fully saturated rings. The minimum absolute atomic E-state index is 0.0438. The van der Waals surface area contributed by atoms with E-state index in [0.717, 1.165) is 12.1 Å². The molecule has 1 aliphatic rings. The summed E-state index contributed by atoms with van der Waals surface area (Å²) in [5.41, 5.74) is -1.13. The van der Waals surface area contributed by atoms with Crippen LogP contribution in [0.25, 0.3) is 0 Å². The number of hydrogen-bond acceptors (Lipinski definition) is 4. The molecule has 2 N–H and O–H groups in total. The van der Waals surface area contributed by atoms with Gasteiger partial charge in [-0.2, -0.15) is 0 Å². The summed E-state index contributed by atoms with van der Waals surface area (Å²) in [7, 11) is 0. The first-order chi connectivity index (χ1) is 9.64. The number of nitro groups is 1. The Morgan fingerprint density at radius 3 is 2.62 bits per heavy atom. The number of aryl methyl sites for hydroxylation is 1. The molecule has 1 aromatic rings. The number of non-ortho nitro benzene ring substituents is 1. The van der Waals surface area contributed by atoms with Crippen LogP contribution in [-0.2, 0) is 0 Å². The third-order valence-corrected chi connectivity index (χ3v) is 4.22. The van der Waals surface area contributed by atoms with Gasteiger partial charge in [0.25, 0.3) is 11.6 Å². The second-order valence-electron chi connectivity index (χ2n) is 5.98. The van der Waals surface area contributed by atoms with Gasteiger partial charge in [0.1, 0.15) is 5.82 Å². The van der Waals surface area contributed by atoms with Gasteiger partial charge in [-0.1, -0.05) is 13.8 Å². The number of halogens is 1. The highest BCUT2D eigenvalue weighted by molar-refractivity contribution is 5.95. The molecule has 2 rings (SSSR count). The topological polar surface area (TPSA) is 92.5 Å². The fourth-order valence-electron chi connectivity index (χ4n) is 2.40. The zero-order valence-electron chi connectivity index (χ0n) is 12.0. The largest absolute Gasteiger partial charge is 0.392 e. The number of aliphatic hydroxyl groups excluding tert-OH is 1. The lowest BCUT2D eigenvalue weighted by molar-refractivity contribution is -0.385. The van der Waals surface area contributed by atoms with Crippen molar-refractivity contribution < 1.29 is 19.2 Å². The molecule has 6 nitrogen and oxygen atoms in total. The van der Waals surface area contributed by atoms with Crippen molar-refractivity contribution in [2.75, 3.05) is 0 Å². The normalized spacial score (nSPS) is 23.3. The van der Waals surface area contributed by atoms with Crippen molar-refractivity contribution in [3.63, 3.8) is 0 Å². The zero-order valence-corrected chi connectivity index (χ0v) is 12.0. The lowest BCUT2D eigenvalue weighted by Crippen LogP contribution is -2.61. The van der Waals surface area contributed by atoms with E-state index in [1.54, 1.807) is 13.8 Å². The second-order valence-corrected chi connectivity index (χ2v) is 5.98. The molecule has 1 aromatic carbocycles. The minimum Gasteiger partial charge on any atom is -0.392 e. The number of carbonyl (C=O) groups excluding carboxylic acids is 1. The van der Waals surface area contributed by atoms with Crippen LogP contribution in [0.15, 0.2) is 12.1 Å². The number of rotatable bonds is 3. The molecule has 0 spiro atoms. The summed E-state index contributed by atoms with van der Waals surface area (Å²) in [4.78, 5) is 22.3. The first-order valence-electron chi connectivity index (χ1n) is 6.58. The van der Waals surface area contributed by atoms with Gasteiger partial charge < -0.3 is 10.4 Å². The van der Waals surface area contributed by atoms with Gasteiger partial charge >= 0.3 is 0 Å². The van der Waals surface area contributed by atoms with Gasteiger partial charge in [-0.15, -0.1) is 0 Å². The van der Waals surface area contributed by atoms with Gasteiger partial charge in [-0.25, -0.2) is 4.39 Å². The predicted molar refractivity (Wildman–Crippen MR) is 73.5 cm³/mol. The smallest absolute Gasteiger partial charge is 0.270 e. The first-order valence-corrected chi connectivity index (χ1v) is 6.58. The summed E-state index contributed by atoms with van der Waals surface area (Å²) in [6.07, 6.45) is -0.145. The first kappa shape index (κ1) is 15.4. The molecule has 0 radical (unpaired) electrons. The van der Waals surface area contributed by atoms with E-state index < -0.39 is 28.2 Å². The van der Waals surface area contributed by atoms with E-state index in [9.17, 15) is 24.4 Å². The average molecular weight is 296 g/mol. The van der Waals surface area contributed by atoms with E-state index in [4.69, 9.17) is 0 Å². The molecule has 0 heterocycles. The molecule has 1 aliphatic carbocycles. The van der Waals surface area contributed by atoms with Gasteiger partial charge in [0.05, 0.1) is 16.6 Å². The Bertz CT molecular complexity index is 615. The number of aliphatic hydroxyl groups is 1. The Morgan fingerprint density at radius 1 is 1.52 bits per heavy atom. The fraction of sp³-hybridized carbons (Fsp3) is 0.500. The highest BCUT2D eigenvalue weighted by Gasteiger charge is 2.48. The highest BCUT2D eigenvalue weighted by atomic mass is 19.1. The van der Waals surface area contributed by atoms with Crippen molar-refractivity contribution in [1.82, 2.24) is 5.32 Å². The van der Waals surface area contributed by atoms with Crippen LogP contribution in [0.4, 0.5) is 10.1 Å². The molecule has 114 valence electrons. The van der Waals surface area contributed by atoms with Crippen molar-refractivity contribution in [3.05, 3.63) is 39.2 Å².